The first-order chi connectivity index (χ1) is 12.2. The third-order valence-electron chi connectivity index (χ3n) is 4.97. The number of likely N-dealkylation sites (N-methyl/N-ethyl adjacent to an activating group) is 1. The van der Waals surface area contributed by atoms with Crippen molar-refractivity contribution in [2.45, 2.75) is 19.0 Å². The third kappa shape index (κ3) is 3.01. The summed E-state index contributed by atoms with van der Waals surface area (Å²) in [7, 11) is 2.04. The molecule has 4 heteroatoms. The van der Waals surface area contributed by atoms with E-state index in [2.05, 4.69) is 28.1 Å². The first-order valence-electron chi connectivity index (χ1n) is 8.62. The van der Waals surface area contributed by atoms with Crippen LogP contribution in [0.2, 0.25) is 0 Å². The van der Waals surface area contributed by atoms with Crippen LogP contribution in [0.25, 0.3) is 10.8 Å². The summed E-state index contributed by atoms with van der Waals surface area (Å²) in [6, 6.07) is 18.2. The van der Waals surface area contributed by atoms with Crippen molar-refractivity contribution >= 4 is 22.4 Å². The molecule has 1 aliphatic rings. The van der Waals surface area contributed by atoms with Crippen molar-refractivity contribution in [3.05, 3.63) is 72.6 Å². The van der Waals surface area contributed by atoms with Gasteiger partial charge in [0, 0.05) is 36.6 Å². The average molecular weight is 331 g/mol. The van der Waals surface area contributed by atoms with Crippen LogP contribution in [0, 0.1) is 0 Å². The largest absolute Gasteiger partial charge is 0.311 e. The van der Waals surface area contributed by atoms with Crippen molar-refractivity contribution in [1.29, 1.82) is 0 Å². The van der Waals surface area contributed by atoms with Crippen molar-refractivity contribution in [3.63, 3.8) is 0 Å². The molecule has 2 aromatic carbocycles. The summed E-state index contributed by atoms with van der Waals surface area (Å²) in [5, 5.41) is 2.34. The van der Waals surface area contributed by atoms with Crippen LogP contribution in [-0.4, -0.2) is 35.4 Å². The molecular formula is C21H21N3O. The summed E-state index contributed by atoms with van der Waals surface area (Å²) < 4.78 is 0. The molecule has 1 amide bonds. The lowest BCUT2D eigenvalue weighted by molar-refractivity contribution is -0.121. The zero-order chi connectivity index (χ0) is 17.2. The van der Waals surface area contributed by atoms with Gasteiger partial charge < -0.3 is 4.90 Å². The number of carbonyl (C=O) groups excluding carboxylic acids is 1. The minimum atomic E-state index is -0.0719. The molecule has 0 bridgehead atoms. The van der Waals surface area contributed by atoms with E-state index in [1.807, 2.05) is 60.7 Å². The number of anilines is 1. The van der Waals surface area contributed by atoms with E-state index in [1.54, 1.807) is 0 Å². The number of fused-ring (bicyclic) bond motifs is 1. The molecule has 0 N–H and O–H groups in total. The van der Waals surface area contributed by atoms with Gasteiger partial charge in [0.25, 0.3) is 0 Å². The number of pyridine rings is 1. The Hall–Kier alpha value is -2.72. The van der Waals surface area contributed by atoms with Crippen LogP contribution in [-0.2, 0) is 11.3 Å². The summed E-state index contributed by atoms with van der Waals surface area (Å²) >= 11 is 0. The smallest absolute Gasteiger partial charge is 0.244 e. The van der Waals surface area contributed by atoms with Crippen LogP contribution >= 0.6 is 0 Å². The number of carbonyl (C=O) groups is 1. The molecule has 4 rings (SSSR count). The maximum Gasteiger partial charge on any atom is 0.244 e. The molecule has 0 aliphatic carbocycles. The van der Waals surface area contributed by atoms with E-state index in [1.165, 1.54) is 10.9 Å². The maximum absolute atomic E-state index is 12.9. The summed E-state index contributed by atoms with van der Waals surface area (Å²) in [5.74, 6) is 0.190. The van der Waals surface area contributed by atoms with Crippen molar-refractivity contribution < 1.29 is 4.79 Å². The van der Waals surface area contributed by atoms with Gasteiger partial charge in [0.2, 0.25) is 5.91 Å². The van der Waals surface area contributed by atoms with E-state index >= 15 is 0 Å². The third-order valence-corrected chi connectivity index (χ3v) is 4.97. The summed E-state index contributed by atoms with van der Waals surface area (Å²) in [4.78, 5) is 21.1. The fraction of sp³-hybridized carbons (Fsp3) is 0.238. The Labute approximate surface area is 147 Å². The number of aromatic nitrogens is 1. The molecule has 3 aromatic rings. The van der Waals surface area contributed by atoms with E-state index in [4.69, 9.17) is 0 Å². The Balaban J connectivity index is 1.53. The molecule has 1 aliphatic heterocycles. The molecule has 1 saturated heterocycles. The zero-order valence-corrected chi connectivity index (χ0v) is 14.3. The highest BCUT2D eigenvalue weighted by Crippen LogP contribution is 2.26. The second kappa shape index (κ2) is 6.65. The fourth-order valence-electron chi connectivity index (χ4n) is 3.64. The molecular weight excluding hydrogens is 310 g/mol. The number of rotatable bonds is 4. The zero-order valence-electron chi connectivity index (χ0n) is 14.3. The van der Waals surface area contributed by atoms with Gasteiger partial charge in [0.1, 0.15) is 0 Å². The number of benzene rings is 2. The first-order valence-corrected chi connectivity index (χ1v) is 8.62. The average Bonchev–Trinajstić information content (AvgIpc) is 3.04. The summed E-state index contributed by atoms with van der Waals surface area (Å²) in [6.07, 6.45) is 4.57. The van der Waals surface area contributed by atoms with Gasteiger partial charge in [-0.05, 0) is 42.6 Å². The topological polar surface area (TPSA) is 36.4 Å². The van der Waals surface area contributed by atoms with Crippen molar-refractivity contribution in [2.75, 3.05) is 18.5 Å². The SMILES string of the molecule is CN(Cc1cccc2cnccc12)C1CCN(c2ccccc2)C1=O. The molecule has 0 spiro atoms. The van der Waals surface area contributed by atoms with Crippen molar-refractivity contribution in [2.24, 2.45) is 0 Å². The molecule has 0 radical (unpaired) electrons. The fourth-order valence-corrected chi connectivity index (χ4v) is 3.64. The van der Waals surface area contributed by atoms with Gasteiger partial charge >= 0.3 is 0 Å². The monoisotopic (exact) mass is 331 g/mol. The number of hydrogen-bond acceptors (Lipinski definition) is 3. The van der Waals surface area contributed by atoms with E-state index < -0.39 is 0 Å². The molecule has 126 valence electrons. The second-order valence-electron chi connectivity index (χ2n) is 6.56. The maximum atomic E-state index is 12.9. The number of nitrogens with zero attached hydrogens (tertiary/aromatic N) is 3. The van der Waals surface area contributed by atoms with Crippen LogP contribution < -0.4 is 4.90 Å². The Bertz CT molecular complexity index is 889. The standard InChI is InChI=1S/C21H21N3O/c1-23(15-17-7-5-6-16-14-22-12-10-19(16)17)20-11-13-24(21(20)25)18-8-3-2-4-9-18/h2-10,12,14,20H,11,13,15H2,1H3. The number of amides is 1. The number of para-hydroxylation sites is 1. The Kier molecular flexibility index (Phi) is 4.20. The molecule has 1 aromatic heterocycles. The predicted molar refractivity (Wildman–Crippen MR) is 100 cm³/mol. The van der Waals surface area contributed by atoms with Crippen molar-refractivity contribution in [1.82, 2.24) is 9.88 Å². The first kappa shape index (κ1) is 15.8. The van der Waals surface area contributed by atoms with Gasteiger partial charge in [-0.2, -0.15) is 0 Å². The Morgan fingerprint density at radius 3 is 2.80 bits per heavy atom. The quantitative estimate of drug-likeness (QED) is 0.734. The molecule has 4 nitrogen and oxygen atoms in total. The normalized spacial score (nSPS) is 17.6. The van der Waals surface area contributed by atoms with Crippen LogP contribution in [0.4, 0.5) is 5.69 Å². The molecule has 1 fully saturated rings. The van der Waals surface area contributed by atoms with E-state index in [0.29, 0.717) is 0 Å². The van der Waals surface area contributed by atoms with E-state index in [-0.39, 0.29) is 11.9 Å². The minimum absolute atomic E-state index is 0.0719. The Morgan fingerprint density at radius 1 is 1.12 bits per heavy atom. The number of hydrogen-bond donors (Lipinski definition) is 0. The minimum Gasteiger partial charge on any atom is -0.311 e. The molecule has 1 unspecified atom stereocenters. The van der Waals surface area contributed by atoms with Crippen LogP contribution in [0.1, 0.15) is 12.0 Å². The Morgan fingerprint density at radius 2 is 1.96 bits per heavy atom. The van der Waals surface area contributed by atoms with Gasteiger partial charge in [-0.1, -0.05) is 36.4 Å². The van der Waals surface area contributed by atoms with E-state index in [9.17, 15) is 4.79 Å². The van der Waals surface area contributed by atoms with Gasteiger partial charge in [0.15, 0.2) is 0 Å². The van der Waals surface area contributed by atoms with Gasteiger partial charge in [-0.25, -0.2) is 0 Å². The molecule has 0 saturated carbocycles. The van der Waals surface area contributed by atoms with Crippen LogP contribution in [0.15, 0.2) is 67.0 Å². The lowest BCUT2D eigenvalue weighted by atomic mass is 10.1. The highest BCUT2D eigenvalue weighted by atomic mass is 16.2. The lowest BCUT2D eigenvalue weighted by Gasteiger charge is -2.24. The molecule has 1 atom stereocenters. The van der Waals surface area contributed by atoms with Gasteiger partial charge in [0.05, 0.1) is 6.04 Å². The molecule has 2 heterocycles. The summed E-state index contributed by atoms with van der Waals surface area (Å²) in [5.41, 5.74) is 2.22. The van der Waals surface area contributed by atoms with Crippen LogP contribution in [0.3, 0.4) is 0 Å². The van der Waals surface area contributed by atoms with Crippen LogP contribution in [0.5, 0.6) is 0 Å². The summed E-state index contributed by atoms with van der Waals surface area (Å²) in [6.45, 7) is 1.53. The highest BCUT2D eigenvalue weighted by Gasteiger charge is 2.35. The van der Waals surface area contributed by atoms with Gasteiger partial charge in [-0.3, -0.25) is 14.7 Å². The van der Waals surface area contributed by atoms with Gasteiger partial charge in [-0.15, -0.1) is 0 Å². The van der Waals surface area contributed by atoms with Crippen molar-refractivity contribution in [3.8, 4) is 0 Å². The molecule has 25 heavy (non-hydrogen) atoms. The lowest BCUT2D eigenvalue weighted by Crippen LogP contribution is -2.39. The highest BCUT2D eigenvalue weighted by molar-refractivity contribution is 5.99. The second-order valence-corrected chi connectivity index (χ2v) is 6.56. The predicted octanol–water partition coefficient (Wildman–Crippen LogP) is 3.47. The van der Waals surface area contributed by atoms with E-state index in [0.717, 1.165) is 30.6 Å².